The van der Waals surface area contributed by atoms with Crippen LogP contribution >= 0.6 is 0 Å². The number of hydrogen-bond donors (Lipinski definition) is 2. The molecular weight excluding hydrogens is 283 g/mol. The maximum absolute atomic E-state index is 13.0. The van der Waals surface area contributed by atoms with E-state index in [0.29, 0.717) is 25.7 Å². The fourth-order valence-electron chi connectivity index (χ4n) is 2.34. The van der Waals surface area contributed by atoms with Crippen molar-refractivity contribution in [3.8, 4) is 0 Å². The monoisotopic (exact) mass is 297 g/mol. The fraction of sp³-hybridized carbons (Fsp3) is 0.700. The van der Waals surface area contributed by atoms with Gasteiger partial charge in [0.2, 0.25) is 0 Å². The minimum Gasteiger partial charge on any atom is -0.335 e. The van der Waals surface area contributed by atoms with Gasteiger partial charge >= 0.3 is 6.18 Å². The second-order valence-corrected chi connectivity index (χ2v) is 6.28. The van der Waals surface area contributed by atoms with Gasteiger partial charge < -0.3 is 4.98 Å². The van der Waals surface area contributed by atoms with Crippen molar-refractivity contribution < 1.29 is 21.6 Å². The molecule has 1 aromatic rings. The Morgan fingerprint density at radius 1 is 1.37 bits per heavy atom. The van der Waals surface area contributed by atoms with Crippen LogP contribution in [0.3, 0.4) is 0 Å². The molecule has 1 aliphatic carbocycles. The van der Waals surface area contributed by atoms with Crippen LogP contribution in [0.1, 0.15) is 25.7 Å². The summed E-state index contributed by atoms with van der Waals surface area (Å²) >= 11 is 0. The molecule has 9 heteroatoms. The van der Waals surface area contributed by atoms with Crippen LogP contribution < -0.4 is 4.72 Å². The van der Waals surface area contributed by atoms with Crippen molar-refractivity contribution in [3.63, 3.8) is 0 Å². The Morgan fingerprint density at radius 3 is 2.47 bits per heavy atom. The molecule has 2 rings (SSSR count). The number of rotatable bonds is 4. The van der Waals surface area contributed by atoms with Crippen molar-refractivity contribution in [1.82, 2.24) is 14.7 Å². The number of nitrogens with zero attached hydrogens (tertiary/aromatic N) is 1. The van der Waals surface area contributed by atoms with Crippen LogP contribution in [0.4, 0.5) is 13.2 Å². The molecule has 1 fully saturated rings. The first kappa shape index (κ1) is 14.3. The van der Waals surface area contributed by atoms with Crippen molar-refractivity contribution >= 4 is 10.0 Å². The van der Waals surface area contributed by atoms with Crippen LogP contribution in [-0.2, 0) is 10.0 Å². The molecule has 0 saturated heterocycles. The van der Waals surface area contributed by atoms with E-state index in [0.717, 1.165) is 12.5 Å². The van der Waals surface area contributed by atoms with Gasteiger partial charge in [-0.25, -0.2) is 13.4 Å². The lowest BCUT2D eigenvalue weighted by Gasteiger charge is -2.26. The highest BCUT2D eigenvalue weighted by Crippen LogP contribution is 2.36. The van der Waals surface area contributed by atoms with Crippen LogP contribution in [-0.4, -0.2) is 30.6 Å². The molecule has 0 radical (unpaired) electrons. The van der Waals surface area contributed by atoms with E-state index in [4.69, 9.17) is 0 Å². The molecule has 5 nitrogen and oxygen atoms in total. The Kier molecular flexibility index (Phi) is 3.86. The second kappa shape index (κ2) is 5.12. The van der Waals surface area contributed by atoms with Crippen LogP contribution in [0.5, 0.6) is 0 Å². The molecule has 0 unspecified atom stereocenters. The third-order valence-electron chi connectivity index (χ3n) is 3.27. The van der Waals surface area contributed by atoms with Gasteiger partial charge in [-0.05, 0) is 18.8 Å². The molecule has 0 aliphatic heterocycles. The molecule has 1 atom stereocenters. The summed E-state index contributed by atoms with van der Waals surface area (Å²) in [6.07, 6.45) is -0.351. The van der Waals surface area contributed by atoms with Gasteiger partial charge in [0.15, 0.2) is 5.03 Å². The van der Waals surface area contributed by atoms with Crippen molar-refractivity contribution in [1.29, 1.82) is 0 Å². The Bertz CT molecular complexity index is 507. The normalized spacial score (nSPS) is 19.7. The topological polar surface area (TPSA) is 74.8 Å². The number of alkyl halides is 3. The van der Waals surface area contributed by atoms with E-state index in [9.17, 15) is 21.6 Å². The number of sulfonamides is 1. The van der Waals surface area contributed by atoms with Crippen LogP contribution in [0.2, 0.25) is 0 Å². The van der Waals surface area contributed by atoms with Crippen molar-refractivity contribution in [2.24, 2.45) is 5.92 Å². The first-order valence-corrected chi connectivity index (χ1v) is 7.36. The summed E-state index contributed by atoms with van der Waals surface area (Å²) in [6, 6.07) is -2.04. The molecule has 1 aliphatic rings. The van der Waals surface area contributed by atoms with E-state index >= 15 is 0 Å². The van der Waals surface area contributed by atoms with Crippen LogP contribution in [0, 0.1) is 5.92 Å². The van der Waals surface area contributed by atoms with E-state index in [1.165, 1.54) is 0 Å². The lowest BCUT2D eigenvalue weighted by Crippen LogP contribution is -2.49. The van der Waals surface area contributed by atoms with E-state index in [2.05, 4.69) is 9.97 Å². The summed E-state index contributed by atoms with van der Waals surface area (Å²) in [6.45, 7) is 0. The number of halogens is 3. The fourth-order valence-corrected chi connectivity index (χ4v) is 3.54. The highest BCUT2D eigenvalue weighted by atomic mass is 32.2. The van der Waals surface area contributed by atoms with Crippen LogP contribution in [0.25, 0.3) is 0 Å². The molecule has 0 bridgehead atoms. The van der Waals surface area contributed by atoms with E-state index < -0.39 is 28.2 Å². The number of H-pyrrole nitrogens is 1. The highest BCUT2D eigenvalue weighted by molar-refractivity contribution is 7.89. The van der Waals surface area contributed by atoms with E-state index in [-0.39, 0.29) is 5.03 Å². The largest absolute Gasteiger partial charge is 0.405 e. The number of aromatic amines is 1. The zero-order valence-corrected chi connectivity index (χ0v) is 10.8. The summed E-state index contributed by atoms with van der Waals surface area (Å²) in [5, 5.41) is -0.361. The summed E-state index contributed by atoms with van der Waals surface area (Å²) < 4.78 is 64.4. The Morgan fingerprint density at radius 2 is 2.00 bits per heavy atom. The van der Waals surface area contributed by atoms with Gasteiger partial charge in [0.1, 0.15) is 6.04 Å². The predicted molar refractivity (Wildman–Crippen MR) is 60.7 cm³/mol. The zero-order chi connectivity index (χ0) is 14.1. The molecule has 108 valence electrons. The van der Waals surface area contributed by atoms with E-state index in [1.807, 2.05) is 0 Å². The molecular formula is C10H14F3N3O2S. The summed E-state index contributed by atoms with van der Waals surface area (Å²) in [4.78, 5) is 5.80. The molecule has 1 saturated carbocycles. The predicted octanol–water partition coefficient (Wildman–Crippen LogP) is 1.81. The Balaban J connectivity index is 2.21. The maximum atomic E-state index is 13.0. The van der Waals surface area contributed by atoms with Gasteiger partial charge in [-0.15, -0.1) is 0 Å². The molecule has 2 N–H and O–H groups in total. The maximum Gasteiger partial charge on any atom is 0.405 e. The average molecular weight is 297 g/mol. The summed E-state index contributed by atoms with van der Waals surface area (Å²) in [5.41, 5.74) is 0. The van der Waals surface area contributed by atoms with Gasteiger partial charge in [0.25, 0.3) is 10.0 Å². The smallest absolute Gasteiger partial charge is 0.335 e. The van der Waals surface area contributed by atoms with Crippen LogP contribution in [0.15, 0.2) is 17.6 Å². The molecule has 0 amide bonds. The lowest BCUT2D eigenvalue weighted by molar-refractivity contribution is -0.162. The number of hydrogen-bond acceptors (Lipinski definition) is 3. The number of aromatic nitrogens is 2. The van der Waals surface area contributed by atoms with Gasteiger partial charge in [0, 0.05) is 0 Å². The SMILES string of the molecule is O=S(=O)(N[C@H](C1CCCC1)C(F)(F)F)c1cnc[nH]1. The Hall–Kier alpha value is -1.09. The summed E-state index contributed by atoms with van der Waals surface area (Å²) in [5.74, 6) is -0.697. The molecule has 19 heavy (non-hydrogen) atoms. The standard InChI is InChI=1S/C10H14F3N3O2S/c11-10(12,13)9(7-3-1-2-4-7)16-19(17,18)8-5-14-6-15-8/h5-7,9,16H,1-4H2,(H,14,15)/t9-/m1/s1. The van der Waals surface area contributed by atoms with Gasteiger partial charge in [0.05, 0.1) is 12.5 Å². The van der Waals surface area contributed by atoms with Crippen molar-refractivity contribution in [2.75, 3.05) is 0 Å². The first-order valence-electron chi connectivity index (χ1n) is 5.88. The van der Waals surface area contributed by atoms with Crippen molar-refractivity contribution in [3.05, 3.63) is 12.5 Å². The first-order chi connectivity index (χ1) is 8.81. The molecule has 0 aromatic carbocycles. The van der Waals surface area contributed by atoms with Crippen molar-refractivity contribution in [2.45, 2.75) is 42.9 Å². The third-order valence-corrected chi connectivity index (χ3v) is 4.64. The molecule has 0 spiro atoms. The Labute approximate surface area is 108 Å². The highest BCUT2D eigenvalue weighted by Gasteiger charge is 2.47. The quantitative estimate of drug-likeness (QED) is 0.890. The van der Waals surface area contributed by atoms with Gasteiger partial charge in [-0.3, -0.25) is 0 Å². The minimum absolute atomic E-state index is 0.361. The number of imidazole rings is 1. The van der Waals surface area contributed by atoms with Gasteiger partial charge in [-0.1, -0.05) is 12.8 Å². The molecule has 1 heterocycles. The average Bonchev–Trinajstić information content (AvgIpc) is 2.97. The molecule has 1 aromatic heterocycles. The summed E-state index contributed by atoms with van der Waals surface area (Å²) in [7, 11) is -4.22. The number of nitrogens with one attached hydrogen (secondary N) is 2. The lowest BCUT2D eigenvalue weighted by atomic mass is 9.99. The third kappa shape index (κ3) is 3.27. The zero-order valence-electron chi connectivity index (χ0n) is 9.94. The second-order valence-electron chi connectivity index (χ2n) is 4.60. The van der Waals surface area contributed by atoms with Gasteiger partial charge in [-0.2, -0.15) is 17.9 Å². The van der Waals surface area contributed by atoms with E-state index in [1.54, 1.807) is 4.72 Å². The minimum atomic E-state index is -4.60.